The molecule has 2 fully saturated rings. The molecule has 5 heterocycles. The maximum absolute atomic E-state index is 14.1. The summed E-state index contributed by atoms with van der Waals surface area (Å²) in [5.74, 6) is 0.485. The average molecular weight is 553 g/mol. The van der Waals surface area contributed by atoms with Crippen LogP contribution >= 0.6 is 0 Å². The highest BCUT2D eigenvalue weighted by atomic mass is 16.5. The summed E-state index contributed by atoms with van der Waals surface area (Å²) in [5.41, 5.74) is 2.85. The maximum Gasteiger partial charge on any atom is 0.259 e. The number of pyridine rings is 2. The lowest BCUT2D eigenvalue weighted by Crippen LogP contribution is -2.36. The van der Waals surface area contributed by atoms with Crippen molar-refractivity contribution >= 4 is 50.2 Å². The number of nitrogens with one attached hydrogen (secondary N) is 1. The smallest absolute Gasteiger partial charge is 0.259 e. The first-order valence-corrected chi connectivity index (χ1v) is 14.7. The second-order valence-electron chi connectivity index (χ2n) is 11.4. The normalized spacial score (nSPS) is 18.0. The zero-order valence-corrected chi connectivity index (χ0v) is 23.7. The van der Waals surface area contributed by atoms with Crippen molar-refractivity contribution in [2.75, 3.05) is 51.3 Å². The van der Waals surface area contributed by atoms with E-state index < -0.39 is 0 Å². The van der Waals surface area contributed by atoms with E-state index in [1.807, 2.05) is 40.3 Å². The second-order valence-corrected chi connectivity index (χ2v) is 11.4. The van der Waals surface area contributed by atoms with E-state index >= 15 is 0 Å². The molecule has 7 rings (SSSR count). The van der Waals surface area contributed by atoms with Crippen LogP contribution in [0.4, 0.5) is 5.82 Å². The van der Waals surface area contributed by atoms with Gasteiger partial charge in [0.1, 0.15) is 17.0 Å². The summed E-state index contributed by atoms with van der Waals surface area (Å²) in [6.45, 7) is 4.93. The Kier molecular flexibility index (Phi) is 6.63. The molecule has 0 spiro atoms. The minimum atomic E-state index is -0.340. The summed E-state index contributed by atoms with van der Waals surface area (Å²) >= 11 is 0. The van der Waals surface area contributed by atoms with Gasteiger partial charge in [-0.3, -0.25) is 14.0 Å². The predicted molar refractivity (Wildman–Crippen MR) is 163 cm³/mol. The molecule has 0 radical (unpaired) electrons. The van der Waals surface area contributed by atoms with Gasteiger partial charge < -0.3 is 24.4 Å². The van der Waals surface area contributed by atoms with Crippen molar-refractivity contribution in [1.82, 2.24) is 24.2 Å². The fourth-order valence-corrected chi connectivity index (χ4v) is 6.85. The molecule has 1 N–H and O–H groups in total. The van der Waals surface area contributed by atoms with E-state index in [1.165, 1.54) is 12.8 Å². The quantitative estimate of drug-likeness (QED) is 0.329. The number of aryl methyl sites for hydroxylation is 1. The number of carbonyl (C=O) groups is 1. The van der Waals surface area contributed by atoms with Gasteiger partial charge in [-0.05, 0) is 73.8 Å². The number of ether oxygens (including phenoxy) is 1. The number of amides is 1. The topological polar surface area (TPSA) is 84.1 Å². The van der Waals surface area contributed by atoms with E-state index in [-0.39, 0.29) is 22.9 Å². The molecule has 2 saturated heterocycles. The van der Waals surface area contributed by atoms with Crippen molar-refractivity contribution in [3.63, 3.8) is 0 Å². The molecule has 212 valence electrons. The zero-order valence-electron chi connectivity index (χ0n) is 23.7. The van der Waals surface area contributed by atoms with Crippen molar-refractivity contribution in [1.29, 1.82) is 0 Å². The third-order valence-corrected chi connectivity index (χ3v) is 8.91. The fourth-order valence-electron chi connectivity index (χ4n) is 6.85. The van der Waals surface area contributed by atoms with Gasteiger partial charge in [0.05, 0.1) is 29.1 Å². The summed E-state index contributed by atoms with van der Waals surface area (Å²) < 4.78 is 9.47. The van der Waals surface area contributed by atoms with Crippen molar-refractivity contribution in [3.05, 3.63) is 64.3 Å². The van der Waals surface area contributed by atoms with Crippen LogP contribution in [-0.4, -0.2) is 77.2 Å². The Balaban J connectivity index is 1.44. The van der Waals surface area contributed by atoms with E-state index in [0.29, 0.717) is 29.8 Å². The van der Waals surface area contributed by atoms with Crippen LogP contribution < -0.4 is 15.6 Å². The zero-order chi connectivity index (χ0) is 28.1. The maximum atomic E-state index is 14.1. The Morgan fingerprint density at radius 2 is 1.78 bits per heavy atom. The predicted octanol–water partition coefficient (Wildman–Crippen LogP) is 3.93. The molecule has 41 heavy (non-hydrogen) atoms. The van der Waals surface area contributed by atoms with Crippen LogP contribution in [0.1, 0.15) is 36.0 Å². The molecule has 2 aliphatic heterocycles. The Bertz CT molecular complexity index is 1850. The SMILES string of the molecule is COCC1CCCN1c1ccc2c(=O)c(C(=O)NCCN3CCCC3)c3n(C)c4cc5ccccc5cc4n3c2n1. The highest BCUT2D eigenvalue weighted by molar-refractivity contribution is 6.07. The minimum absolute atomic E-state index is 0.162. The molecule has 1 unspecified atom stereocenters. The second kappa shape index (κ2) is 10.5. The van der Waals surface area contributed by atoms with Gasteiger partial charge in [-0.25, -0.2) is 4.98 Å². The number of hydrogen-bond donors (Lipinski definition) is 1. The van der Waals surface area contributed by atoms with E-state index in [2.05, 4.69) is 39.4 Å². The molecule has 2 aromatic carbocycles. The van der Waals surface area contributed by atoms with Gasteiger partial charge in [0.25, 0.3) is 5.91 Å². The number of likely N-dealkylation sites (tertiary alicyclic amines) is 1. The number of anilines is 1. The number of aromatic nitrogens is 3. The lowest BCUT2D eigenvalue weighted by Gasteiger charge is -2.25. The van der Waals surface area contributed by atoms with Gasteiger partial charge in [-0.15, -0.1) is 0 Å². The Hall–Kier alpha value is -3.95. The number of benzene rings is 2. The van der Waals surface area contributed by atoms with Crippen LogP contribution in [0.3, 0.4) is 0 Å². The van der Waals surface area contributed by atoms with E-state index in [1.54, 1.807) is 7.11 Å². The summed E-state index contributed by atoms with van der Waals surface area (Å²) in [6, 6.07) is 16.5. The molecule has 5 aromatic rings. The Morgan fingerprint density at radius 3 is 2.54 bits per heavy atom. The number of methoxy groups -OCH3 is 1. The number of nitrogens with zero attached hydrogens (tertiary/aromatic N) is 5. The number of rotatable bonds is 7. The number of fused-ring (bicyclic) bond motifs is 6. The molecule has 0 aliphatic carbocycles. The molecule has 9 nitrogen and oxygen atoms in total. The van der Waals surface area contributed by atoms with E-state index in [9.17, 15) is 9.59 Å². The van der Waals surface area contributed by atoms with Crippen LogP contribution in [0, 0.1) is 0 Å². The molecule has 2 aliphatic rings. The third-order valence-electron chi connectivity index (χ3n) is 8.91. The number of imidazole rings is 1. The van der Waals surface area contributed by atoms with Gasteiger partial charge >= 0.3 is 0 Å². The van der Waals surface area contributed by atoms with Crippen molar-refractivity contribution in [2.45, 2.75) is 31.7 Å². The molecular weight excluding hydrogens is 516 g/mol. The third kappa shape index (κ3) is 4.35. The molecular formula is C32H36N6O3. The van der Waals surface area contributed by atoms with Gasteiger partial charge in [0.2, 0.25) is 5.43 Å². The molecule has 1 atom stereocenters. The number of hydrogen-bond acceptors (Lipinski definition) is 6. The monoisotopic (exact) mass is 552 g/mol. The molecule has 9 heteroatoms. The Morgan fingerprint density at radius 1 is 1.02 bits per heavy atom. The molecule has 0 bridgehead atoms. The van der Waals surface area contributed by atoms with Gasteiger partial charge in [-0.1, -0.05) is 24.3 Å². The first-order valence-electron chi connectivity index (χ1n) is 14.7. The van der Waals surface area contributed by atoms with Crippen LogP contribution in [0.2, 0.25) is 0 Å². The van der Waals surface area contributed by atoms with Crippen LogP contribution in [0.5, 0.6) is 0 Å². The Labute approximate surface area is 238 Å². The fraction of sp³-hybridized carbons (Fsp3) is 0.406. The summed E-state index contributed by atoms with van der Waals surface area (Å²) in [6.07, 6.45) is 4.51. The van der Waals surface area contributed by atoms with Gasteiger partial charge in [-0.2, -0.15) is 0 Å². The minimum Gasteiger partial charge on any atom is -0.383 e. The van der Waals surface area contributed by atoms with E-state index in [4.69, 9.17) is 9.72 Å². The molecule has 1 amide bonds. The number of carbonyl (C=O) groups excluding carboxylic acids is 1. The molecule has 0 saturated carbocycles. The van der Waals surface area contributed by atoms with Crippen molar-refractivity contribution in [2.24, 2.45) is 7.05 Å². The summed E-state index contributed by atoms with van der Waals surface area (Å²) in [4.78, 5) is 37.6. The lowest BCUT2D eigenvalue weighted by atomic mass is 10.1. The largest absolute Gasteiger partial charge is 0.383 e. The summed E-state index contributed by atoms with van der Waals surface area (Å²) in [7, 11) is 3.66. The summed E-state index contributed by atoms with van der Waals surface area (Å²) in [5, 5.41) is 5.69. The van der Waals surface area contributed by atoms with E-state index in [0.717, 1.165) is 66.6 Å². The van der Waals surface area contributed by atoms with Crippen molar-refractivity contribution in [3.8, 4) is 0 Å². The van der Waals surface area contributed by atoms with Crippen LogP contribution in [-0.2, 0) is 11.8 Å². The van der Waals surface area contributed by atoms with Crippen LogP contribution in [0.25, 0.3) is 38.5 Å². The lowest BCUT2D eigenvalue weighted by molar-refractivity contribution is 0.0950. The van der Waals surface area contributed by atoms with Crippen molar-refractivity contribution < 1.29 is 9.53 Å². The standard InChI is InChI=1S/C32H36N6O3/c1-35-25-18-21-8-3-4-9-22(21)19-26(25)38-30-24(11-12-27(34-30)37-16-7-10-23(37)20-41-2)29(39)28(32(35)38)31(40)33-13-17-36-14-5-6-15-36/h3-4,8-9,11-12,18-19,23H,5-7,10,13-17,20H2,1-2H3,(H,33,40). The van der Waals surface area contributed by atoms with Crippen LogP contribution in [0.15, 0.2) is 53.3 Å². The average Bonchev–Trinajstić information content (AvgIpc) is 3.73. The molecule has 3 aromatic heterocycles. The first-order chi connectivity index (χ1) is 20.0. The highest BCUT2D eigenvalue weighted by Gasteiger charge is 2.28. The van der Waals surface area contributed by atoms with Gasteiger partial charge in [0, 0.05) is 33.8 Å². The highest BCUT2D eigenvalue weighted by Crippen LogP contribution is 2.31. The van der Waals surface area contributed by atoms with Gasteiger partial charge in [0.15, 0.2) is 5.65 Å². The first kappa shape index (κ1) is 26.0.